The third-order valence-corrected chi connectivity index (χ3v) is 4.45. The highest BCUT2D eigenvalue weighted by Gasteiger charge is 2.10. The van der Waals surface area contributed by atoms with E-state index in [0.717, 1.165) is 22.4 Å². The average molecular weight is 347 g/mol. The van der Waals surface area contributed by atoms with Gasteiger partial charge in [-0.15, -0.1) is 11.3 Å². The van der Waals surface area contributed by atoms with Crippen LogP contribution in [0.1, 0.15) is 10.4 Å². The summed E-state index contributed by atoms with van der Waals surface area (Å²) in [6.07, 6.45) is 1.77. The Hall–Kier alpha value is -0.620. The molecule has 0 atom stereocenters. The van der Waals surface area contributed by atoms with Crippen LogP contribution >= 0.6 is 38.9 Å². The summed E-state index contributed by atoms with van der Waals surface area (Å²) in [6.45, 7) is 1.24. The lowest BCUT2D eigenvalue weighted by Gasteiger charge is -2.18. The maximum Gasteiger partial charge on any atom is 0.147 e. The highest BCUT2D eigenvalue weighted by Crippen LogP contribution is 2.26. The molecule has 0 aliphatic heterocycles. The van der Waals surface area contributed by atoms with Crippen molar-refractivity contribution in [1.82, 2.24) is 4.98 Å². The van der Waals surface area contributed by atoms with E-state index >= 15 is 0 Å². The van der Waals surface area contributed by atoms with E-state index in [1.54, 1.807) is 17.5 Å². The second-order valence-electron chi connectivity index (χ2n) is 3.94. The summed E-state index contributed by atoms with van der Waals surface area (Å²) < 4.78 is 1.11. The van der Waals surface area contributed by atoms with Crippen molar-refractivity contribution in [2.24, 2.45) is 5.73 Å². The Morgan fingerprint density at radius 2 is 2.28 bits per heavy atom. The molecule has 0 saturated heterocycles. The summed E-state index contributed by atoms with van der Waals surface area (Å²) in [5, 5.41) is 2.70. The molecule has 2 heterocycles. The number of hydrogen-bond acceptors (Lipinski definition) is 4. The molecular weight excluding hydrogens is 334 g/mol. The van der Waals surface area contributed by atoms with Crippen molar-refractivity contribution >= 4 is 44.7 Å². The number of rotatable bonds is 4. The smallest absolute Gasteiger partial charge is 0.147 e. The minimum Gasteiger partial charge on any atom is -0.353 e. The molecule has 2 N–H and O–H groups in total. The quantitative estimate of drug-likeness (QED) is 0.918. The predicted molar refractivity (Wildman–Crippen MR) is 81.3 cm³/mol. The molecule has 0 saturated carbocycles. The first kappa shape index (κ1) is 13.8. The first-order valence-electron chi connectivity index (χ1n) is 5.38. The van der Waals surface area contributed by atoms with Gasteiger partial charge in [-0.2, -0.15) is 0 Å². The zero-order valence-corrected chi connectivity index (χ0v) is 13.0. The molecule has 6 heteroatoms. The van der Waals surface area contributed by atoms with Crippen molar-refractivity contribution in [3.05, 3.63) is 43.6 Å². The molecule has 2 aromatic heterocycles. The molecule has 0 aliphatic carbocycles. The monoisotopic (exact) mass is 345 g/mol. The molecule has 0 aromatic carbocycles. The van der Waals surface area contributed by atoms with Gasteiger partial charge in [0, 0.05) is 34.5 Å². The van der Waals surface area contributed by atoms with Crippen LogP contribution in [0, 0.1) is 0 Å². The lowest BCUT2D eigenvalue weighted by Crippen LogP contribution is -2.17. The van der Waals surface area contributed by atoms with Gasteiger partial charge < -0.3 is 10.6 Å². The normalized spacial score (nSPS) is 10.7. The molecule has 0 aliphatic rings. The Kier molecular flexibility index (Phi) is 4.61. The summed E-state index contributed by atoms with van der Waals surface area (Å²) in [4.78, 5) is 7.64. The number of pyridine rings is 1. The minimum absolute atomic E-state index is 0.453. The van der Waals surface area contributed by atoms with E-state index in [1.165, 1.54) is 4.88 Å². The van der Waals surface area contributed by atoms with Crippen LogP contribution in [-0.2, 0) is 13.1 Å². The number of hydrogen-bond donors (Lipinski definition) is 1. The average Bonchev–Trinajstić information content (AvgIpc) is 2.74. The van der Waals surface area contributed by atoms with Crippen LogP contribution in [0.4, 0.5) is 5.82 Å². The van der Waals surface area contributed by atoms with E-state index < -0.39 is 0 Å². The van der Waals surface area contributed by atoms with Crippen LogP contribution in [0.15, 0.2) is 28.2 Å². The molecular formula is C12H13BrClN3S. The van der Waals surface area contributed by atoms with Crippen LogP contribution in [0.3, 0.4) is 0 Å². The lowest BCUT2D eigenvalue weighted by molar-refractivity contribution is 0.906. The Morgan fingerprint density at radius 3 is 2.83 bits per heavy atom. The molecule has 0 bridgehead atoms. The van der Waals surface area contributed by atoms with Gasteiger partial charge in [0.25, 0.3) is 0 Å². The van der Waals surface area contributed by atoms with Gasteiger partial charge >= 0.3 is 0 Å². The molecule has 2 aromatic rings. The molecule has 0 radical (unpaired) electrons. The molecule has 0 amide bonds. The number of thiophene rings is 1. The largest absolute Gasteiger partial charge is 0.353 e. The second-order valence-corrected chi connectivity index (χ2v) is 6.26. The third-order valence-electron chi connectivity index (χ3n) is 2.49. The minimum atomic E-state index is 0.453. The van der Waals surface area contributed by atoms with Crippen molar-refractivity contribution in [3.8, 4) is 0 Å². The van der Waals surface area contributed by atoms with Crippen LogP contribution in [-0.4, -0.2) is 12.0 Å². The summed E-state index contributed by atoms with van der Waals surface area (Å²) in [7, 11) is 1.98. The van der Waals surface area contributed by atoms with E-state index in [1.807, 2.05) is 18.0 Å². The van der Waals surface area contributed by atoms with Crippen molar-refractivity contribution in [3.63, 3.8) is 0 Å². The number of nitrogens with zero attached hydrogens (tertiary/aromatic N) is 2. The van der Waals surface area contributed by atoms with Crippen molar-refractivity contribution < 1.29 is 0 Å². The van der Waals surface area contributed by atoms with Crippen molar-refractivity contribution in [2.75, 3.05) is 11.9 Å². The van der Waals surface area contributed by atoms with Crippen LogP contribution in [0.2, 0.25) is 5.02 Å². The maximum absolute atomic E-state index is 6.21. The number of halogens is 2. The number of anilines is 1. The third kappa shape index (κ3) is 3.23. The first-order valence-corrected chi connectivity index (χ1v) is 7.43. The molecule has 0 spiro atoms. The standard InChI is InChI=1S/C12H13BrClN3S/c1-17(6-10-3-9(13)7-18-10)12-11(14)2-8(4-15)5-16-12/h2-3,5,7H,4,6,15H2,1H3. The molecule has 3 nitrogen and oxygen atoms in total. The molecule has 2 rings (SSSR count). The van der Waals surface area contributed by atoms with E-state index in [4.69, 9.17) is 17.3 Å². The Bertz CT molecular complexity index is 544. The zero-order valence-electron chi connectivity index (χ0n) is 9.86. The second kappa shape index (κ2) is 6.02. The van der Waals surface area contributed by atoms with Gasteiger partial charge in [0.15, 0.2) is 0 Å². The van der Waals surface area contributed by atoms with E-state index in [0.29, 0.717) is 11.6 Å². The van der Waals surface area contributed by atoms with Gasteiger partial charge in [0.05, 0.1) is 11.6 Å². The Morgan fingerprint density at radius 1 is 1.50 bits per heavy atom. The van der Waals surface area contributed by atoms with Crippen LogP contribution in [0.25, 0.3) is 0 Å². The fourth-order valence-electron chi connectivity index (χ4n) is 1.61. The van der Waals surface area contributed by atoms with E-state index in [9.17, 15) is 0 Å². The summed E-state index contributed by atoms with van der Waals surface area (Å²) in [5.41, 5.74) is 6.50. The number of nitrogens with two attached hydrogens (primary N) is 1. The van der Waals surface area contributed by atoms with Crippen molar-refractivity contribution in [1.29, 1.82) is 0 Å². The Balaban J connectivity index is 2.15. The van der Waals surface area contributed by atoms with E-state index in [-0.39, 0.29) is 0 Å². The van der Waals surface area contributed by atoms with Gasteiger partial charge in [0.2, 0.25) is 0 Å². The molecule has 0 unspecified atom stereocenters. The lowest BCUT2D eigenvalue weighted by atomic mass is 10.3. The fraction of sp³-hybridized carbons (Fsp3) is 0.250. The Labute approximate surface area is 124 Å². The van der Waals surface area contributed by atoms with Gasteiger partial charge in [0.1, 0.15) is 5.82 Å². The van der Waals surface area contributed by atoms with Crippen LogP contribution < -0.4 is 10.6 Å². The highest BCUT2D eigenvalue weighted by atomic mass is 79.9. The summed E-state index contributed by atoms with van der Waals surface area (Å²) in [6, 6.07) is 3.97. The number of aromatic nitrogens is 1. The van der Waals surface area contributed by atoms with Gasteiger partial charge in [-0.25, -0.2) is 4.98 Å². The van der Waals surface area contributed by atoms with Crippen LogP contribution in [0.5, 0.6) is 0 Å². The first-order chi connectivity index (χ1) is 8.60. The van der Waals surface area contributed by atoms with Crippen molar-refractivity contribution in [2.45, 2.75) is 13.1 Å². The molecule has 18 heavy (non-hydrogen) atoms. The van der Waals surface area contributed by atoms with Gasteiger partial charge in [-0.05, 0) is 33.6 Å². The van der Waals surface area contributed by atoms with Gasteiger partial charge in [-0.1, -0.05) is 11.6 Å². The molecule has 0 fully saturated rings. The predicted octanol–water partition coefficient (Wildman–Crippen LogP) is 3.65. The zero-order chi connectivity index (χ0) is 13.1. The SMILES string of the molecule is CN(Cc1cc(Br)cs1)c1ncc(CN)cc1Cl. The maximum atomic E-state index is 6.21. The fourth-order valence-corrected chi connectivity index (χ4v) is 3.44. The summed E-state index contributed by atoms with van der Waals surface area (Å²) >= 11 is 11.4. The molecule has 96 valence electrons. The topological polar surface area (TPSA) is 42.2 Å². The van der Waals surface area contributed by atoms with Gasteiger partial charge in [-0.3, -0.25) is 0 Å². The van der Waals surface area contributed by atoms with E-state index in [2.05, 4.69) is 32.4 Å². The highest BCUT2D eigenvalue weighted by molar-refractivity contribution is 9.10. The summed E-state index contributed by atoms with van der Waals surface area (Å²) in [5.74, 6) is 0.776.